The van der Waals surface area contributed by atoms with E-state index in [0.29, 0.717) is 45.2 Å². The Hall–Kier alpha value is -1.18. The van der Waals surface area contributed by atoms with Gasteiger partial charge in [-0.05, 0) is 38.8 Å². The molecule has 0 saturated carbocycles. The molecule has 0 aromatic rings. The molecule has 0 unspecified atom stereocenters. The minimum atomic E-state index is -0.0877. The third-order valence-corrected chi connectivity index (χ3v) is 8.67. The average Bonchev–Trinajstić information content (AvgIpc) is 2.98. The molecular formula is C35H69N3O4. The molecule has 1 fully saturated rings. The Bertz CT molecular complexity index is 585. The molecule has 0 atom stereocenters. The average molecular weight is 596 g/mol. The second-order valence-corrected chi connectivity index (χ2v) is 12.6. The summed E-state index contributed by atoms with van der Waals surface area (Å²) < 4.78 is 11.1. The van der Waals surface area contributed by atoms with Crippen molar-refractivity contribution in [2.24, 2.45) is 5.73 Å². The molecule has 0 aromatic carbocycles. The van der Waals surface area contributed by atoms with E-state index in [1.807, 2.05) is 0 Å². The molecule has 0 radical (unpaired) electrons. The first-order chi connectivity index (χ1) is 20.5. The van der Waals surface area contributed by atoms with E-state index in [9.17, 15) is 9.59 Å². The van der Waals surface area contributed by atoms with E-state index in [1.54, 1.807) is 0 Å². The first-order valence-electron chi connectivity index (χ1n) is 18.1. The number of nitrogens with zero attached hydrogens (tertiary/aromatic N) is 2. The zero-order valence-electron chi connectivity index (χ0n) is 27.9. The van der Waals surface area contributed by atoms with Crippen LogP contribution in [0.3, 0.4) is 0 Å². The van der Waals surface area contributed by atoms with Gasteiger partial charge in [0.05, 0.1) is 0 Å². The van der Waals surface area contributed by atoms with Crippen LogP contribution in [0.4, 0.5) is 0 Å². The van der Waals surface area contributed by atoms with Gasteiger partial charge in [-0.3, -0.25) is 14.5 Å². The monoisotopic (exact) mass is 596 g/mol. The molecule has 1 rings (SSSR count). The van der Waals surface area contributed by atoms with Crippen molar-refractivity contribution >= 4 is 11.9 Å². The highest BCUT2D eigenvalue weighted by Gasteiger charge is 2.17. The number of nitrogens with two attached hydrogens (primary N) is 1. The number of unbranched alkanes of at least 4 members (excludes halogenated alkanes) is 16. The SMILES string of the molecule is CCCCCCCCCCCC(=O)OCCN(CCOC(=O)CCCCCCCCCCC)CCN1CCC(N)CC1. The van der Waals surface area contributed by atoms with Crippen molar-refractivity contribution in [2.45, 2.75) is 161 Å². The van der Waals surface area contributed by atoms with Gasteiger partial charge in [-0.15, -0.1) is 0 Å². The largest absolute Gasteiger partial charge is 0.464 e. The van der Waals surface area contributed by atoms with Gasteiger partial charge in [-0.2, -0.15) is 0 Å². The van der Waals surface area contributed by atoms with Gasteiger partial charge in [0, 0.05) is 45.1 Å². The second-order valence-electron chi connectivity index (χ2n) is 12.6. The topological polar surface area (TPSA) is 85.1 Å². The number of ether oxygens (including phenoxy) is 2. The van der Waals surface area contributed by atoms with Crippen LogP contribution in [0.15, 0.2) is 0 Å². The van der Waals surface area contributed by atoms with Gasteiger partial charge in [-0.1, -0.05) is 117 Å². The minimum Gasteiger partial charge on any atom is -0.464 e. The lowest BCUT2D eigenvalue weighted by Crippen LogP contribution is -2.44. The van der Waals surface area contributed by atoms with Crippen LogP contribution >= 0.6 is 0 Å². The van der Waals surface area contributed by atoms with E-state index in [4.69, 9.17) is 15.2 Å². The number of hydrogen-bond donors (Lipinski definition) is 1. The maximum atomic E-state index is 12.3. The van der Waals surface area contributed by atoms with Crippen molar-refractivity contribution in [3.63, 3.8) is 0 Å². The Morgan fingerprint density at radius 3 is 1.40 bits per heavy atom. The van der Waals surface area contributed by atoms with E-state index in [-0.39, 0.29) is 11.9 Å². The third kappa shape index (κ3) is 24.3. The molecule has 0 aromatic heterocycles. The van der Waals surface area contributed by atoms with E-state index in [0.717, 1.165) is 64.7 Å². The lowest BCUT2D eigenvalue weighted by Gasteiger charge is -2.32. The summed E-state index contributed by atoms with van der Waals surface area (Å²) in [5.41, 5.74) is 6.07. The molecule has 248 valence electrons. The van der Waals surface area contributed by atoms with Crippen molar-refractivity contribution in [1.29, 1.82) is 0 Å². The van der Waals surface area contributed by atoms with Crippen molar-refractivity contribution in [3.05, 3.63) is 0 Å². The molecule has 1 heterocycles. The van der Waals surface area contributed by atoms with Crippen LogP contribution in [0.25, 0.3) is 0 Å². The Kier molecular flexibility index (Phi) is 26.4. The van der Waals surface area contributed by atoms with E-state index < -0.39 is 0 Å². The highest BCUT2D eigenvalue weighted by molar-refractivity contribution is 5.69. The van der Waals surface area contributed by atoms with Gasteiger partial charge in [0.25, 0.3) is 0 Å². The van der Waals surface area contributed by atoms with Crippen LogP contribution in [0.1, 0.15) is 155 Å². The summed E-state index contributed by atoms with van der Waals surface area (Å²) in [6.45, 7) is 10.6. The predicted molar refractivity (Wildman–Crippen MR) is 176 cm³/mol. The number of hydrogen-bond acceptors (Lipinski definition) is 7. The molecule has 1 saturated heterocycles. The van der Waals surface area contributed by atoms with Crippen LogP contribution in [-0.4, -0.2) is 80.3 Å². The van der Waals surface area contributed by atoms with Crippen molar-refractivity contribution < 1.29 is 19.1 Å². The molecule has 42 heavy (non-hydrogen) atoms. The van der Waals surface area contributed by atoms with Crippen LogP contribution in [0.2, 0.25) is 0 Å². The van der Waals surface area contributed by atoms with Crippen molar-refractivity contribution in [3.8, 4) is 0 Å². The third-order valence-electron chi connectivity index (χ3n) is 8.67. The fraction of sp³-hybridized carbons (Fsp3) is 0.943. The number of rotatable bonds is 29. The van der Waals surface area contributed by atoms with Gasteiger partial charge >= 0.3 is 11.9 Å². The van der Waals surface area contributed by atoms with E-state index in [2.05, 4.69) is 23.6 Å². The molecule has 7 heteroatoms. The zero-order valence-corrected chi connectivity index (χ0v) is 27.9. The molecule has 1 aliphatic heterocycles. The Balaban J connectivity index is 2.20. The first-order valence-corrected chi connectivity index (χ1v) is 18.1. The van der Waals surface area contributed by atoms with Crippen LogP contribution in [-0.2, 0) is 19.1 Å². The number of esters is 2. The maximum absolute atomic E-state index is 12.3. The Morgan fingerprint density at radius 1 is 0.619 bits per heavy atom. The standard InChI is InChI=1S/C35H69N3O4/c1-3-5-7-9-11-13-15-17-19-21-34(39)41-31-29-38(28-27-37-25-23-33(36)24-26-37)30-32-42-35(40)22-20-18-16-14-12-10-8-6-4-2/h33H,3-32,36H2,1-2H3. The number of piperidine rings is 1. The van der Waals surface area contributed by atoms with Crippen LogP contribution in [0.5, 0.6) is 0 Å². The van der Waals surface area contributed by atoms with Crippen LogP contribution < -0.4 is 5.73 Å². The molecule has 0 bridgehead atoms. The van der Waals surface area contributed by atoms with Crippen LogP contribution in [0, 0.1) is 0 Å². The van der Waals surface area contributed by atoms with Gasteiger partial charge in [0.15, 0.2) is 0 Å². The first kappa shape index (κ1) is 38.8. The molecule has 0 aliphatic carbocycles. The number of likely N-dealkylation sites (tertiary alicyclic amines) is 1. The highest BCUT2D eigenvalue weighted by atomic mass is 16.5. The Labute approximate surface area is 260 Å². The summed E-state index contributed by atoms with van der Waals surface area (Å²) in [5.74, 6) is -0.175. The predicted octanol–water partition coefficient (Wildman–Crippen LogP) is 7.64. The summed E-state index contributed by atoms with van der Waals surface area (Å²) in [4.78, 5) is 29.3. The van der Waals surface area contributed by atoms with Gasteiger partial charge in [0.2, 0.25) is 0 Å². The van der Waals surface area contributed by atoms with Gasteiger partial charge in [0.1, 0.15) is 13.2 Å². The summed E-state index contributed by atoms with van der Waals surface area (Å²) in [6.07, 6.45) is 25.5. The minimum absolute atomic E-state index is 0.0877. The summed E-state index contributed by atoms with van der Waals surface area (Å²) in [5, 5.41) is 0. The van der Waals surface area contributed by atoms with Crippen molar-refractivity contribution in [2.75, 3.05) is 52.5 Å². The molecule has 0 spiro atoms. The molecule has 2 N–H and O–H groups in total. The molecule has 7 nitrogen and oxygen atoms in total. The maximum Gasteiger partial charge on any atom is 0.305 e. The Morgan fingerprint density at radius 2 is 1.00 bits per heavy atom. The second kappa shape index (κ2) is 28.6. The highest BCUT2D eigenvalue weighted by Crippen LogP contribution is 2.12. The molecule has 0 amide bonds. The fourth-order valence-electron chi connectivity index (χ4n) is 5.68. The lowest BCUT2D eigenvalue weighted by atomic mass is 10.1. The molecule has 1 aliphatic rings. The van der Waals surface area contributed by atoms with E-state index >= 15 is 0 Å². The van der Waals surface area contributed by atoms with E-state index in [1.165, 1.54) is 89.9 Å². The van der Waals surface area contributed by atoms with Gasteiger partial charge < -0.3 is 20.1 Å². The summed E-state index contributed by atoms with van der Waals surface area (Å²) >= 11 is 0. The zero-order chi connectivity index (χ0) is 30.5. The summed E-state index contributed by atoms with van der Waals surface area (Å²) in [6, 6.07) is 0.327. The number of carbonyl (C=O) groups excluding carboxylic acids is 2. The molecular weight excluding hydrogens is 526 g/mol. The quantitative estimate of drug-likeness (QED) is 0.0702. The smallest absolute Gasteiger partial charge is 0.305 e. The van der Waals surface area contributed by atoms with Gasteiger partial charge in [-0.25, -0.2) is 0 Å². The lowest BCUT2D eigenvalue weighted by molar-refractivity contribution is -0.144. The number of carbonyl (C=O) groups is 2. The fourth-order valence-corrected chi connectivity index (χ4v) is 5.68. The summed E-state index contributed by atoms with van der Waals surface area (Å²) in [7, 11) is 0. The van der Waals surface area contributed by atoms with Crippen molar-refractivity contribution in [1.82, 2.24) is 9.80 Å². The normalized spacial score (nSPS) is 14.5.